The van der Waals surface area contributed by atoms with E-state index < -0.39 is 31.0 Å². The lowest BCUT2D eigenvalue weighted by molar-refractivity contribution is 0.509. The predicted octanol–water partition coefficient (Wildman–Crippen LogP) is 3.43. The number of benzene rings is 1. The van der Waals surface area contributed by atoms with E-state index in [9.17, 15) is 8.78 Å². The molecule has 1 aromatic rings. The van der Waals surface area contributed by atoms with Gasteiger partial charge in [0.05, 0.1) is 11.3 Å². The Bertz CT molecular complexity index is 834. The van der Waals surface area contributed by atoms with Crippen LogP contribution in [-0.4, -0.2) is 8.07 Å². The molecule has 4 nitrogen and oxygen atoms in total. The highest BCUT2D eigenvalue weighted by molar-refractivity contribution is 6.83. The quantitative estimate of drug-likeness (QED) is 0.513. The van der Waals surface area contributed by atoms with Gasteiger partial charge in [-0.2, -0.15) is 15.8 Å². The van der Waals surface area contributed by atoms with Crippen molar-refractivity contribution >= 4 is 13.8 Å². The number of nitrogens with one attached hydrogen (secondary N) is 1. The van der Waals surface area contributed by atoms with Gasteiger partial charge in [-0.15, -0.1) is 5.54 Å². The van der Waals surface area contributed by atoms with Crippen molar-refractivity contribution in [3.8, 4) is 29.7 Å². The van der Waals surface area contributed by atoms with Crippen molar-refractivity contribution in [2.45, 2.75) is 19.6 Å². The Morgan fingerprint density at radius 1 is 1.00 bits per heavy atom. The molecule has 0 aromatic heterocycles. The van der Waals surface area contributed by atoms with Crippen LogP contribution >= 0.6 is 0 Å². The topological polar surface area (TPSA) is 83.4 Å². The first-order valence-corrected chi connectivity index (χ1v) is 9.96. The molecule has 0 saturated heterocycles. The number of hydrogen-bond donors (Lipinski definition) is 1. The van der Waals surface area contributed by atoms with Gasteiger partial charge in [-0.05, 0) is 12.1 Å². The maximum absolute atomic E-state index is 14.1. The van der Waals surface area contributed by atoms with E-state index in [1.54, 1.807) is 6.07 Å². The molecule has 1 rings (SSSR count). The molecule has 0 aliphatic heterocycles. The lowest BCUT2D eigenvalue weighted by Crippen LogP contribution is -2.16. The third-order valence-electron chi connectivity index (χ3n) is 2.50. The molecule has 1 N–H and O–H groups in total. The van der Waals surface area contributed by atoms with E-state index in [4.69, 9.17) is 15.8 Å². The standard InChI is InChI=1S/C16H12F2N4Si/c1-23(2,3)7-6-11-4-5-13(16(18)15(11)17)22-14(10-21)12(8-19)9-20/h4-5,22H,1-3H3. The fourth-order valence-corrected chi connectivity index (χ4v) is 1.92. The molecular formula is C16H12F2N4Si. The van der Waals surface area contributed by atoms with Gasteiger partial charge in [0.1, 0.15) is 32.0 Å². The van der Waals surface area contributed by atoms with Crippen LogP contribution in [0.5, 0.6) is 0 Å². The summed E-state index contributed by atoms with van der Waals surface area (Å²) in [6.45, 7) is 5.92. The lowest BCUT2D eigenvalue weighted by Gasteiger charge is -2.08. The minimum Gasteiger partial charge on any atom is -0.343 e. The average molecular weight is 326 g/mol. The number of allylic oxidation sites excluding steroid dienone is 2. The minimum atomic E-state index is -1.74. The van der Waals surface area contributed by atoms with Crippen LogP contribution in [0, 0.1) is 57.1 Å². The summed E-state index contributed by atoms with van der Waals surface area (Å²) < 4.78 is 28.1. The van der Waals surface area contributed by atoms with Crippen molar-refractivity contribution in [2.75, 3.05) is 5.32 Å². The van der Waals surface area contributed by atoms with Gasteiger partial charge in [0.25, 0.3) is 0 Å². The summed E-state index contributed by atoms with van der Waals surface area (Å²) in [6, 6.07) is 7.06. The Morgan fingerprint density at radius 2 is 1.61 bits per heavy atom. The monoisotopic (exact) mass is 326 g/mol. The van der Waals surface area contributed by atoms with Crippen molar-refractivity contribution in [3.05, 3.63) is 40.6 Å². The summed E-state index contributed by atoms with van der Waals surface area (Å²) >= 11 is 0. The number of nitriles is 3. The van der Waals surface area contributed by atoms with E-state index in [0.717, 1.165) is 0 Å². The Morgan fingerprint density at radius 3 is 2.09 bits per heavy atom. The molecule has 0 heterocycles. The van der Waals surface area contributed by atoms with Crippen LogP contribution in [0.3, 0.4) is 0 Å². The van der Waals surface area contributed by atoms with E-state index in [-0.39, 0.29) is 11.3 Å². The zero-order valence-corrected chi connectivity index (χ0v) is 13.8. The summed E-state index contributed by atoms with van der Waals surface area (Å²) in [5.74, 6) is 0.249. The van der Waals surface area contributed by atoms with Gasteiger partial charge >= 0.3 is 0 Å². The number of halogens is 2. The molecule has 1 aromatic carbocycles. The second-order valence-corrected chi connectivity index (χ2v) is 10.2. The fraction of sp³-hybridized carbons (Fsp3) is 0.188. The third kappa shape index (κ3) is 4.68. The normalized spacial score (nSPS) is 9.48. The van der Waals surface area contributed by atoms with E-state index in [1.165, 1.54) is 24.3 Å². The van der Waals surface area contributed by atoms with Crippen molar-refractivity contribution < 1.29 is 8.78 Å². The number of anilines is 1. The first-order valence-electron chi connectivity index (χ1n) is 6.46. The molecule has 0 aliphatic rings. The molecule has 0 fully saturated rings. The Labute approximate surface area is 134 Å². The Hall–Kier alpha value is -3.13. The summed E-state index contributed by atoms with van der Waals surface area (Å²) in [4.78, 5) is 0. The van der Waals surface area contributed by atoms with E-state index in [1.807, 2.05) is 19.6 Å². The molecular weight excluding hydrogens is 314 g/mol. The Kier molecular flexibility index (Phi) is 5.63. The van der Waals surface area contributed by atoms with Crippen molar-refractivity contribution in [3.63, 3.8) is 0 Å². The molecule has 0 atom stereocenters. The second-order valence-electron chi connectivity index (χ2n) is 5.50. The van der Waals surface area contributed by atoms with E-state index in [2.05, 4.69) is 16.8 Å². The van der Waals surface area contributed by atoms with Gasteiger partial charge in [0, 0.05) is 0 Å². The van der Waals surface area contributed by atoms with Gasteiger partial charge in [0.2, 0.25) is 0 Å². The molecule has 0 unspecified atom stereocenters. The van der Waals surface area contributed by atoms with Gasteiger partial charge in [-0.1, -0.05) is 25.6 Å². The summed E-state index contributed by atoms with van der Waals surface area (Å²) in [7, 11) is -1.74. The molecule has 23 heavy (non-hydrogen) atoms. The summed E-state index contributed by atoms with van der Waals surface area (Å²) in [5.41, 5.74) is 1.53. The Balaban J connectivity index is 3.30. The minimum absolute atomic E-state index is 0.0845. The highest BCUT2D eigenvalue weighted by Crippen LogP contribution is 2.22. The largest absolute Gasteiger partial charge is 0.343 e. The molecule has 0 saturated carbocycles. The highest BCUT2D eigenvalue weighted by atomic mass is 28.3. The first kappa shape index (κ1) is 17.9. The zero-order chi connectivity index (χ0) is 17.6. The van der Waals surface area contributed by atoms with Crippen molar-refractivity contribution in [2.24, 2.45) is 0 Å². The smallest absolute Gasteiger partial charge is 0.183 e. The molecule has 0 bridgehead atoms. The van der Waals surface area contributed by atoms with Gasteiger partial charge in [-0.25, -0.2) is 8.78 Å². The zero-order valence-electron chi connectivity index (χ0n) is 12.8. The van der Waals surface area contributed by atoms with Crippen LogP contribution in [0.25, 0.3) is 0 Å². The summed E-state index contributed by atoms with van der Waals surface area (Å²) in [5, 5.41) is 28.6. The van der Waals surface area contributed by atoms with Crippen molar-refractivity contribution in [1.29, 1.82) is 15.8 Å². The third-order valence-corrected chi connectivity index (χ3v) is 3.37. The van der Waals surface area contributed by atoms with E-state index in [0.29, 0.717) is 0 Å². The maximum atomic E-state index is 14.1. The van der Waals surface area contributed by atoms with Crippen LogP contribution in [0.2, 0.25) is 19.6 Å². The van der Waals surface area contributed by atoms with Crippen LogP contribution in [0.1, 0.15) is 5.56 Å². The van der Waals surface area contributed by atoms with Crippen LogP contribution in [-0.2, 0) is 0 Å². The van der Waals surface area contributed by atoms with Gasteiger partial charge in [0.15, 0.2) is 17.2 Å². The number of rotatable bonds is 2. The van der Waals surface area contributed by atoms with Crippen molar-refractivity contribution in [1.82, 2.24) is 0 Å². The van der Waals surface area contributed by atoms with Crippen LogP contribution in [0.15, 0.2) is 23.4 Å². The first-order chi connectivity index (χ1) is 10.7. The molecule has 0 radical (unpaired) electrons. The van der Waals surface area contributed by atoms with Gasteiger partial charge in [-0.3, -0.25) is 0 Å². The molecule has 0 spiro atoms. The van der Waals surface area contributed by atoms with E-state index >= 15 is 0 Å². The number of hydrogen-bond acceptors (Lipinski definition) is 4. The lowest BCUT2D eigenvalue weighted by atomic mass is 10.1. The van der Waals surface area contributed by atoms with Crippen LogP contribution in [0.4, 0.5) is 14.5 Å². The second kappa shape index (κ2) is 7.23. The highest BCUT2D eigenvalue weighted by Gasteiger charge is 2.16. The SMILES string of the molecule is C[Si](C)(C)C#Cc1ccc(NC(C#N)=C(C#N)C#N)c(F)c1F. The molecule has 0 aliphatic carbocycles. The molecule has 0 amide bonds. The van der Waals surface area contributed by atoms with Crippen LogP contribution < -0.4 is 5.32 Å². The summed E-state index contributed by atoms with van der Waals surface area (Å²) in [6.07, 6.45) is 0. The van der Waals surface area contributed by atoms with Gasteiger partial charge < -0.3 is 5.32 Å². The molecule has 7 heteroatoms. The number of nitrogens with zero attached hydrogens (tertiary/aromatic N) is 3. The fourth-order valence-electron chi connectivity index (χ4n) is 1.42. The maximum Gasteiger partial charge on any atom is 0.183 e. The molecule has 114 valence electrons. The average Bonchev–Trinajstić information content (AvgIpc) is 2.49. The predicted molar refractivity (Wildman–Crippen MR) is 84.1 cm³/mol.